The molecule has 60 heavy (non-hydrogen) atoms. The number of hydrogen-bond donors (Lipinski definition) is 1. The monoisotopic (exact) mass is 835 g/mol. The van der Waals surface area contributed by atoms with E-state index < -0.39 is 6.10 Å². The van der Waals surface area contributed by atoms with Crippen LogP contribution in [0.3, 0.4) is 0 Å². The summed E-state index contributed by atoms with van der Waals surface area (Å²) in [6, 6.07) is 0. The van der Waals surface area contributed by atoms with Crippen molar-refractivity contribution in [2.45, 2.75) is 238 Å². The Bertz CT molecular complexity index is 1130. The SMILES string of the molecule is CC/C=C\C/C=C\C/C=C\C/C=C\CCCCC(=O)OC(CO)COC(=O)CCCCCCCCCCCCCCCCCC/C=C\C/C=C\C/C=C\CCCCCCC. The largest absolute Gasteiger partial charge is 0.462 e. The lowest BCUT2D eigenvalue weighted by Gasteiger charge is -2.15. The zero-order valence-electron chi connectivity index (χ0n) is 39.2. The molecule has 0 amide bonds. The lowest BCUT2D eigenvalue weighted by atomic mass is 10.0. The van der Waals surface area contributed by atoms with E-state index in [-0.39, 0.29) is 25.2 Å². The van der Waals surface area contributed by atoms with Crippen LogP contribution in [0.1, 0.15) is 232 Å². The number of carbonyl (C=O) groups excluding carboxylic acids is 2. The second-order valence-electron chi connectivity index (χ2n) is 16.5. The number of allylic oxidation sites excluding steroid dienone is 14. The first-order chi connectivity index (χ1) is 29.6. The zero-order chi connectivity index (χ0) is 43.5. The average molecular weight is 835 g/mol. The minimum absolute atomic E-state index is 0.0855. The van der Waals surface area contributed by atoms with Gasteiger partial charge in [0.1, 0.15) is 6.61 Å². The van der Waals surface area contributed by atoms with Gasteiger partial charge in [0.15, 0.2) is 6.10 Å². The second kappa shape index (κ2) is 50.4. The van der Waals surface area contributed by atoms with Crippen LogP contribution in [0.15, 0.2) is 85.1 Å². The molecule has 0 aliphatic carbocycles. The molecule has 0 fully saturated rings. The van der Waals surface area contributed by atoms with Gasteiger partial charge in [0, 0.05) is 12.8 Å². The first kappa shape index (κ1) is 57.1. The van der Waals surface area contributed by atoms with Crippen molar-refractivity contribution < 1.29 is 24.2 Å². The highest BCUT2D eigenvalue weighted by Crippen LogP contribution is 2.15. The second-order valence-corrected chi connectivity index (χ2v) is 16.5. The molecule has 0 aliphatic rings. The van der Waals surface area contributed by atoms with Crippen LogP contribution in [0.25, 0.3) is 0 Å². The lowest BCUT2D eigenvalue weighted by molar-refractivity contribution is -0.161. The van der Waals surface area contributed by atoms with E-state index in [2.05, 4.69) is 98.9 Å². The predicted molar refractivity (Wildman–Crippen MR) is 260 cm³/mol. The molecular weight excluding hydrogens is 741 g/mol. The Labute approximate surface area is 371 Å². The van der Waals surface area contributed by atoms with E-state index in [1.165, 1.54) is 128 Å². The van der Waals surface area contributed by atoms with E-state index in [1.54, 1.807) is 0 Å². The molecule has 0 aliphatic heterocycles. The number of rotatable bonds is 45. The van der Waals surface area contributed by atoms with Crippen LogP contribution < -0.4 is 0 Å². The van der Waals surface area contributed by atoms with Gasteiger partial charge in [0.25, 0.3) is 0 Å². The number of unbranched alkanes of at least 4 members (excludes halogenated alkanes) is 23. The van der Waals surface area contributed by atoms with Gasteiger partial charge in [-0.1, -0.05) is 214 Å². The minimum atomic E-state index is -0.797. The van der Waals surface area contributed by atoms with Gasteiger partial charge in [0.2, 0.25) is 0 Å². The Morgan fingerprint density at radius 3 is 1.12 bits per heavy atom. The van der Waals surface area contributed by atoms with Gasteiger partial charge in [-0.05, 0) is 89.9 Å². The predicted octanol–water partition coefficient (Wildman–Crippen LogP) is 16.6. The summed E-state index contributed by atoms with van der Waals surface area (Å²) in [5, 5.41) is 9.59. The van der Waals surface area contributed by atoms with E-state index in [9.17, 15) is 14.7 Å². The molecule has 1 atom stereocenters. The Morgan fingerprint density at radius 2 is 0.717 bits per heavy atom. The third kappa shape index (κ3) is 47.8. The summed E-state index contributed by atoms with van der Waals surface area (Å²) < 4.78 is 10.6. The van der Waals surface area contributed by atoms with Crippen LogP contribution >= 0.6 is 0 Å². The molecular formula is C55H94O5. The van der Waals surface area contributed by atoms with Crippen LogP contribution in [0.2, 0.25) is 0 Å². The summed E-state index contributed by atoms with van der Waals surface area (Å²) in [5.74, 6) is -0.640. The smallest absolute Gasteiger partial charge is 0.306 e. The molecule has 0 saturated carbocycles. The number of esters is 2. The molecule has 0 saturated heterocycles. The van der Waals surface area contributed by atoms with Crippen molar-refractivity contribution in [3.05, 3.63) is 85.1 Å². The maximum Gasteiger partial charge on any atom is 0.306 e. The molecule has 0 aromatic carbocycles. The van der Waals surface area contributed by atoms with Gasteiger partial charge in [-0.3, -0.25) is 9.59 Å². The number of ether oxygens (including phenoxy) is 2. The van der Waals surface area contributed by atoms with E-state index >= 15 is 0 Å². The van der Waals surface area contributed by atoms with Gasteiger partial charge in [0.05, 0.1) is 6.61 Å². The Morgan fingerprint density at radius 1 is 0.400 bits per heavy atom. The molecule has 0 heterocycles. The first-order valence-corrected chi connectivity index (χ1v) is 25.1. The molecule has 1 N–H and O–H groups in total. The lowest BCUT2D eigenvalue weighted by Crippen LogP contribution is -2.28. The van der Waals surface area contributed by atoms with Crippen LogP contribution in [-0.2, 0) is 19.1 Å². The Kier molecular flexibility index (Phi) is 48.0. The highest BCUT2D eigenvalue weighted by molar-refractivity contribution is 5.70. The van der Waals surface area contributed by atoms with Gasteiger partial charge in [-0.2, -0.15) is 0 Å². The molecule has 5 heteroatoms. The maximum atomic E-state index is 12.2. The molecule has 0 bridgehead atoms. The van der Waals surface area contributed by atoms with E-state index in [1.807, 2.05) is 0 Å². The molecule has 0 radical (unpaired) electrons. The summed E-state index contributed by atoms with van der Waals surface area (Å²) in [4.78, 5) is 24.4. The molecule has 1 unspecified atom stereocenters. The van der Waals surface area contributed by atoms with E-state index in [4.69, 9.17) is 9.47 Å². The fourth-order valence-corrected chi connectivity index (χ4v) is 6.91. The van der Waals surface area contributed by atoms with E-state index in [0.29, 0.717) is 12.8 Å². The van der Waals surface area contributed by atoms with Crippen LogP contribution in [-0.4, -0.2) is 36.4 Å². The van der Waals surface area contributed by atoms with Crippen molar-refractivity contribution in [3.8, 4) is 0 Å². The van der Waals surface area contributed by atoms with Gasteiger partial charge < -0.3 is 14.6 Å². The summed E-state index contributed by atoms with van der Waals surface area (Å²) in [6.45, 7) is 3.98. The van der Waals surface area contributed by atoms with Gasteiger partial charge in [-0.25, -0.2) is 0 Å². The van der Waals surface area contributed by atoms with Crippen molar-refractivity contribution in [3.63, 3.8) is 0 Å². The molecule has 0 aromatic heterocycles. The van der Waals surface area contributed by atoms with Crippen molar-refractivity contribution in [1.82, 2.24) is 0 Å². The van der Waals surface area contributed by atoms with Crippen LogP contribution in [0.4, 0.5) is 0 Å². The highest BCUT2D eigenvalue weighted by Gasteiger charge is 2.16. The van der Waals surface area contributed by atoms with Crippen LogP contribution in [0.5, 0.6) is 0 Å². The molecule has 344 valence electrons. The molecule has 5 nitrogen and oxygen atoms in total. The fraction of sp³-hybridized carbons (Fsp3) is 0.709. The third-order valence-electron chi connectivity index (χ3n) is 10.7. The standard InChI is InChI=1S/C55H94O5/c1-3-5-7-9-11-13-15-17-19-20-21-22-23-24-25-26-27-28-29-30-31-32-33-34-36-37-39-41-43-45-47-49-54(57)59-52-53(51-56)60-55(58)50-48-46-44-42-40-38-35-18-16-14-12-10-8-6-4-2/h6,8,12,14-15,17-18,20-21,23-24,35,40,42,53,56H,3-5,7,9-11,13,16,19,22,25-34,36-39,41,43-52H2,1-2H3/b8-6-,14-12-,17-15-,21-20-,24-23-,35-18-,42-40-. The Balaban J connectivity index is 3.51. The van der Waals surface area contributed by atoms with Crippen LogP contribution in [0, 0.1) is 0 Å². The summed E-state index contributed by atoms with van der Waals surface area (Å²) in [7, 11) is 0. The molecule has 0 aromatic rings. The quantitative estimate of drug-likeness (QED) is 0.0376. The third-order valence-corrected chi connectivity index (χ3v) is 10.7. The minimum Gasteiger partial charge on any atom is -0.462 e. The molecule has 0 spiro atoms. The number of aliphatic hydroxyl groups excluding tert-OH is 1. The van der Waals surface area contributed by atoms with Gasteiger partial charge in [-0.15, -0.1) is 0 Å². The number of carbonyl (C=O) groups is 2. The molecule has 0 rings (SSSR count). The summed E-state index contributed by atoms with van der Waals surface area (Å²) in [6.07, 6.45) is 69.7. The fourth-order valence-electron chi connectivity index (χ4n) is 6.91. The number of aliphatic hydroxyl groups is 1. The highest BCUT2D eigenvalue weighted by atomic mass is 16.6. The average Bonchev–Trinajstić information content (AvgIpc) is 3.25. The normalized spacial score (nSPS) is 12.9. The van der Waals surface area contributed by atoms with Crippen molar-refractivity contribution >= 4 is 11.9 Å². The van der Waals surface area contributed by atoms with E-state index in [0.717, 1.165) is 77.0 Å². The Hall–Kier alpha value is -2.92. The van der Waals surface area contributed by atoms with Crippen molar-refractivity contribution in [2.75, 3.05) is 13.2 Å². The maximum absolute atomic E-state index is 12.2. The zero-order valence-corrected chi connectivity index (χ0v) is 39.2. The first-order valence-electron chi connectivity index (χ1n) is 25.1. The summed E-state index contributed by atoms with van der Waals surface area (Å²) >= 11 is 0. The summed E-state index contributed by atoms with van der Waals surface area (Å²) in [5.41, 5.74) is 0. The van der Waals surface area contributed by atoms with Crippen molar-refractivity contribution in [1.29, 1.82) is 0 Å². The topological polar surface area (TPSA) is 72.8 Å². The van der Waals surface area contributed by atoms with Crippen molar-refractivity contribution in [2.24, 2.45) is 0 Å². The van der Waals surface area contributed by atoms with Gasteiger partial charge >= 0.3 is 11.9 Å². The number of hydrogen-bond acceptors (Lipinski definition) is 5.